The maximum Gasteiger partial charge on any atom is 0.330 e. The highest BCUT2D eigenvalue weighted by molar-refractivity contribution is 9.10. The summed E-state index contributed by atoms with van der Waals surface area (Å²) in [5.41, 5.74) is 1.60. The molecule has 7 heteroatoms. The molecule has 0 aliphatic carbocycles. The summed E-state index contributed by atoms with van der Waals surface area (Å²) in [6.45, 7) is 0.284. The number of carbonyl (C=O) groups is 1. The summed E-state index contributed by atoms with van der Waals surface area (Å²) < 4.78 is 11.0. The molecule has 0 atom stereocenters. The van der Waals surface area contributed by atoms with E-state index in [4.69, 9.17) is 39.5 Å². The largest absolute Gasteiger partial charge is 0.486 e. The number of hydrogen-bond donors (Lipinski definition) is 0. The molecule has 0 fully saturated rings. The van der Waals surface area contributed by atoms with Crippen LogP contribution < -0.4 is 4.74 Å². The summed E-state index contributed by atoms with van der Waals surface area (Å²) in [7, 11) is 1.32. The van der Waals surface area contributed by atoms with Gasteiger partial charge in [0.05, 0.1) is 26.7 Å². The topological polar surface area (TPSA) is 35.5 Å². The highest BCUT2D eigenvalue weighted by Crippen LogP contribution is 2.35. The Labute approximate surface area is 163 Å². The second-order valence-corrected chi connectivity index (χ2v) is 6.78. The van der Waals surface area contributed by atoms with Crippen LogP contribution in [0.2, 0.25) is 15.1 Å². The minimum absolute atomic E-state index is 0.284. The van der Waals surface area contributed by atoms with Gasteiger partial charge in [-0.1, -0.05) is 40.9 Å². The quantitative estimate of drug-likeness (QED) is 0.403. The SMILES string of the molecule is COC(=O)/C=C/c1cc(Cl)c(OCc2ccc(Cl)c(Cl)c2)c(Br)c1. The van der Waals surface area contributed by atoms with Crippen molar-refractivity contribution in [3.63, 3.8) is 0 Å². The van der Waals surface area contributed by atoms with Crippen LogP contribution in [0.5, 0.6) is 5.75 Å². The lowest BCUT2D eigenvalue weighted by Crippen LogP contribution is -1.97. The van der Waals surface area contributed by atoms with E-state index in [1.165, 1.54) is 13.2 Å². The Hall–Kier alpha value is -1.20. The normalized spacial score (nSPS) is 10.9. The van der Waals surface area contributed by atoms with E-state index in [2.05, 4.69) is 20.7 Å². The van der Waals surface area contributed by atoms with Gasteiger partial charge in [-0.05, 0) is 57.4 Å². The van der Waals surface area contributed by atoms with Gasteiger partial charge in [0.25, 0.3) is 0 Å². The molecule has 24 heavy (non-hydrogen) atoms. The Morgan fingerprint density at radius 1 is 1.12 bits per heavy atom. The maximum absolute atomic E-state index is 11.1. The van der Waals surface area contributed by atoms with Crippen molar-refractivity contribution in [2.75, 3.05) is 7.11 Å². The van der Waals surface area contributed by atoms with Gasteiger partial charge in [-0.25, -0.2) is 4.79 Å². The average molecular weight is 451 g/mol. The van der Waals surface area contributed by atoms with Crippen molar-refractivity contribution < 1.29 is 14.3 Å². The van der Waals surface area contributed by atoms with Gasteiger partial charge >= 0.3 is 5.97 Å². The second kappa shape index (κ2) is 8.77. The van der Waals surface area contributed by atoms with E-state index in [0.29, 0.717) is 25.3 Å². The van der Waals surface area contributed by atoms with Crippen LogP contribution in [0.25, 0.3) is 6.08 Å². The van der Waals surface area contributed by atoms with E-state index in [9.17, 15) is 4.79 Å². The summed E-state index contributed by atoms with van der Waals surface area (Å²) >= 11 is 21.5. The molecule has 0 heterocycles. The Kier molecular flexibility index (Phi) is 6.99. The van der Waals surface area contributed by atoms with Crippen molar-refractivity contribution in [1.29, 1.82) is 0 Å². The minimum atomic E-state index is -0.442. The molecule has 0 bridgehead atoms. The lowest BCUT2D eigenvalue weighted by atomic mass is 10.2. The summed E-state index contributed by atoms with van der Waals surface area (Å²) in [5, 5.41) is 1.36. The summed E-state index contributed by atoms with van der Waals surface area (Å²) in [5.74, 6) is 0.0557. The van der Waals surface area contributed by atoms with Gasteiger partial charge < -0.3 is 9.47 Å². The molecular formula is C17H12BrCl3O3. The number of hydrogen-bond acceptors (Lipinski definition) is 3. The van der Waals surface area contributed by atoms with Crippen LogP contribution in [0.3, 0.4) is 0 Å². The fourth-order valence-corrected chi connectivity index (χ4v) is 3.14. The molecule has 0 saturated heterocycles. The Morgan fingerprint density at radius 2 is 1.88 bits per heavy atom. The molecule has 2 rings (SSSR count). The highest BCUT2D eigenvalue weighted by atomic mass is 79.9. The van der Waals surface area contributed by atoms with Gasteiger partial charge in [-0.3, -0.25) is 0 Å². The molecule has 0 spiro atoms. The zero-order chi connectivity index (χ0) is 17.7. The van der Waals surface area contributed by atoms with Crippen LogP contribution in [0, 0.1) is 0 Å². The fraction of sp³-hybridized carbons (Fsp3) is 0.118. The smallest absolute Gasteiger partial charge is 0.330 e. The van der Waals surface area contributed by atoms with Crippen molar-refractivity contribution in [3.8, 4) is 5.75 Å². The summed E-state index contributed by atoms with van der Waals surface area (Å²) in [6.07, 6.45) is 2.92. The molecule has 0 saturated carbocycles. The zero-order valence-electron chi connectivity index (χ0n) is 12.5. The molecule has 0 amide bonds. The lowest BCUT2D eigenvalue weighted by molar-refractivity contribution is -0.134. The molecule has 0 aliphatic heterocycles. The van der Waals surface area contributed by atoms with Crippen LogP contribution in [-0.4, -0.2) is 13.1 Å². The number of benzene rings is 2. The molecule has 126 valence electrons. The van der Waals surface area contributed by atoms with Gasteiger partial charge in [-0.2, -0.15) is 0 Å². The molecule has 2 aromatic carbocycles. The zero-order valence-corrected chi connectivity index (χ0v) is 16.3. The van der Waals surface area contributed by atoms with E-state index in [1.54, 1.807) is 30.3 Å². The third-order valence-electron chi connectivity index (χ3n) is 3.00. The van der Waals surface area contributed by atoms with Gasteiger partial charge in [0.2, 0.25) is 0 Å². The molecular weight excluding hydrogens is 438 g/mol. The third kappa shape index (κ3) is 5.15. The van der Waals surface area contributed by atoms with Crippen LogP contribution in [0.15, 0.2) is 40.9 Å². The molecule has 0 unspecified atom stereocenters. The Morgan fingerprint density at radius 3 is 2.50 bits per heavy atom. The summed E-state index contributed by atoms with van der Waals surface area (Å²) in [6, 6.07) is 8.74. The first kappa shape index (κ1) is 19.1. The summed E-state index contributed by atoms with van der Waals surface area (Å²) in [4.78, 5) is 11.1. The van der Waals surface area contributed by atoms with Gasteiger partial charge in [-0.15, -0.1) is 0 Å². The number of carbonyl (C=O) groups excluding carboxylic acids is 1. The molecule has 0 N–H and O–H groups in total. The van der Waals surface area contributed by atoms with Crippen LogP contribution in [0.4, 0.5) is 0 Å². The van der Waals surface area contributed by atoms with Gasteiger partial charge in [0, 0.05) is 6.08 Å². The molecule has 2 aromatic rings. The van der Waals surface area contributed by atoms with Crippen molar-refractivity contribution in [2.45, 2.75) is 6.61 Å². The van der Waals surface area contributed by atoms with Crippen molar-refractivity contribution in [1.82, 2.24) is 0 Å². The number of esters is 1. The van der Waals surface area contributed by atoms with Gasteiger partial charge in [0.1, 0.15) is 6.61 Å². The van der Waals surface area contributed by atoms with Crippen LogP contribution in [0.1, 0.15) is 11.1 Å². The molecule has 0 aromatic heterocycles. The van der Waals surface area contributed by atoms with E-state index >= 15 is 0 Å². The predicted molar refractivity (Wildman–Crippen MR) is 101 cm³/mol. The first-order valence-corrected chi connectivity index (χ1v) is 8.65. The standard InChI is InChI=1S/C17H12BrCl3O3/c1-23-16(22)5-3-10-6-12(18)17(15(21)7-10)24-9-11-2-4-13(19)14(20)8-11/h2-8H,9H2,1H3/b5-3+. The molecule has 3 nitrogen and oxygen atoms in total. The van der Waals surface area contributed by atoms with Crippen LogP contribution >= 0.6 is 50.7 Å². The third-order valence-corrected chi connectivity index (χ3v) is 4.61. The molecule has 0 aliphatic rings. The number of ether oxygens (including phenoxy) is 2. The first-order valence-electron chi connectivity index (χ1n) is 6.72. The lowest BCUT2D eigenvalue weighted by Gasteiger charge is -2.11. The minimum Gasteiger partial charge on any atom is -0.486 e. The second-order valence-electron chi connectivity index (χ2n) is 4.71. The number of rotatable bonds is 5. The monoisotopic (exact) mass is 448 g/mol. The Balaban J connectivity index is 2.14. The maximum atomic E-state index is 11.1. The van der Waals surface area contributed by atoms with Crippen molar-refractivity contribution >= 4 is 62.8 Å². The van der Waals surface area contributed by atoms with E-state index < -0.39 is 5.97 Å². The van der Waals surface area contributed by atoms with Gasteiger partial charge in [0.15, 0.2) is 5.75 Å². The highest BCUT2D eigenvalue weighted by Gasteiger charge is 2.10. The number of halogens is 4. The number of methoxy groups -OCH3 is 1. The van der Waals surface area contributed by atoms with E-state index in [-0.39, 0.29) is 6.61 Å². The van der Waals surface area contributed by atoms with Crippen molar-refractivity contribution in [3.05, 3.63) is 67.1 Å². The predicted octanol–water partition coefficient (Wildman–Crippen LogP) is 6.17. The fourth-order valence-electron chi connectivity index (χ4n) is 1.83. The average Bonchev–Trinajstić information content (AvgIpc) is 2.55. The van der Waals surface area contributed by atoms with E-state index in [0.717, 1.165) is 11.1 Å². The molecule has 0 radical (unpaired) electrons. The Bertz CT molecular complexity index is 768. The van der Waals surface area contributed by atoms with Crippen molar-refractivity contribution in [2.24, 2.45) is 0 Å². The van der Waals surface area contributed by atoms with Crippen LogP contribution in [-0.2, 0) is 16.1 Å². The first-order chi connectivity index (χ1) is 11.4. The van der Waals surface area contributed by atoms with E-state index in [1.807, 2.05) is 6.07 Å².